The van der Waals surface area contributed by atoms with Gasteiger partial charge in [0.1, 0.15) is 12.1 Å². The highest BCUT2D eigenvalue weighted by Gasteiger charge is 2.23. The van der Waals surface area contributed by atoms with Crippen molar-refractivity contribution in [3.8, 4) is 0 Å². The van der Waals surface area contributed by atoms with Crippen LogP contribution >= 0.6 is 0 Å². The Bertz CT molecular complexity index is 973. The Morgan fingerprint density at radius 2 is 1.25 bits per heavy atom. The third kappa shape index (κ3) is 10.5. The molecule has 2 unspecified atom stereocenters. The molecule has 32 heavy (non-hydrogen) atoms. The fourth-order valence-electron chi connectivity index (χ4n) is 2.75. The van der Waals surface area contributed by atoms with Crippen LogP contribution in [-0.2, 0) is 41.9 Å². The van der Waals surface area contributed by atoms with E-state index in [1.165, 1.54) is 19.8 Å². The van der Waals surface area contributed by atoms with Crippen molar-refractivity contribution in [1.29, 1.82) is 0 Å². The molecule has 2 atom stereocenters. The van der Waals surface area contributed by atoms with E-state index in [1.54, 1.807) is 0 Å². The number of nitrogens with one attached hydrogen (secondary N) is 1. The molecule has 2 aromatic rings. The van der Waals surface area contributed by atoms with Gasteiger partial charge < -0.3 is 15.2 Å². The molecule has 9 heteroatoms. The van der Waals surface area contributed by atoms with Crippen molar-refractivity contribution >= 4 is 22.0 Å². The summed E-state index contributed by atoms with van der Waals surface area (Å²) in [5, 5.41) is 0. The minimum atomic E-state index is -3.46. The van der Waals surface area contributed by atoms with Gasteiger partial charge in [0, 0.05) is 0 Å². The molecule has 0 saturated carbocycles. The SMILES string of the molecule is COC(=O)C(Cc1ccc(C)cc1)NS(C)(=O)=O.COC(=O)C(N)Cc1ccc(C)cc1. The lowest BCUT2D eigenvalue weighted by Gasteiger charge is -2.15. The molecule has 0 aromatic heterocycles. The number of sulfonamides is 1. The van der Waals surface area contributed by atoms with Crippen molar-refractivity contribution in [1.82, 2.24) is 4.72 Å². The number of hydrogen-bond donors (Lipinski definition) is 2. The van der Waals surface area contributed by atoms with Gasteiger partial charge in [0.2, 0.25) is 10.0 Å². The summed E-state index contributed by atoms with van der Waals surface area (Å²) in [4.78, 5) is 22.5. The predicted octanol–water partition coefficient (Wildman–Crippen LogP) is 1.67. The quantitative estimate of drug-likeness (QED) is 0.569. The van der Waals surface area contributed by atoms with Crippen LogP contribution in [0.1, 0.15) is 22.3 Å². The first-order valence-electron chi connectivity index (χ1n) is 9.94. The highest BCUT2D eigenvalue weighted by molar-refractivity contribution is 7.88. The molecule has 0 fully saturated rings. The number of esters is 2. The molecule has 0 saturated heterocycles. The average Bonchev–Trinajstić information content (AvgIpc) is 2.74. The Morgan fingerprint density at radius 3 is 1.62 bits per heavy atom. The highest BCUT2D eigenvalue weighted by atomic mass is 32.2. The van der Waals surface area contributed by atoms with Crippen LogP contribution in [0.2, 0.25) is 0 Å². The number of rotatable bonds is 8. The summed E-state index contributed by atoms with van der Waals surface area (Å²) in [6.45, 7) is 3.97. The largest absolute Gasteiger partial charge is 0.468 e. The molecule has 2 aromatic carbocycles. The molecule has 0 amide bonds. The van der Waals surface area contributed by atoms with Crippen LogP contribution in [0, 0.1) is 13.8 Å². The Morgan fingerprint density at radius 1 is 0.844 bits per heavy atom. The molecule has 0 heterocycles. The van der Waals surface area contributed by atoms with E-state index < -0.39 is 28.1 Å². The first-order valence-corrected chi connectivity index (χ1v) is 11.8. The number of carbonyl (C=O) groups is 2. The van der Waals surface area contributed by atoms with Crippen molar-refractivity contribution in [2.45, 2.75) is 38.8 Å². The zero-order valence-electron chi connectivity index (χ0n) is 19.1. The number of nitrogens with two attached hydrogens (primary N) is 1. The molecule has 8 nitrogen and oxygen atoms in total. The van der Waals surface area contributed by atoms with Gasteiger partial charge in [-0.1, -0.05) is 59.7 Å². The number of methoxy groups -OCH3 is 2. The maximum atomic E-state index is 11.5. The molecule has 0 spiro atoms. The molecule has 0 aliphatic carbocycles. The zero-order valence-corrected chi connectivity index (χ0v) is 19.9. The fraction of sp³-hybridized carbons (Fsp3) is 0.391. The molecule has 0 bridgehead atoms. The number of benzene rings is 2. The molecule has 0 aliphatic heterocycles. The second-order valence-corrected chi connectivity index (χ2v) is 9.25. The summed E-state index contributed by atoms with van der Waals surface area (Å²) in [5.74, 6) is -0.966. The number of carbonyl (C=O) groups excluding carboxylic acids is 2. The molecule has 0 aliphatic rings. The van der Waals surface area contributed by atoms with Crippen molar-refractivity contribution in [2.75, 3.05) is 20.5 Å². The predicted molar refractivity (Wildman–Crippen MR) is 124 cm³/mol. The monoisotopic (exact) mass is 464 g/mol. The van der Waals surface area contributed by atoms with Crippen LogP contribution in [0.15, 0.2) is 48.5 Å². The standard InChI is InChI=1S/C12H17NO4S.C11H15NO2/c1-9-4-6-10(7-5-9)8-11(12(14)17-2)13-18(3,15)16;1-8-3-5-9(6-4-8)7-10(12)11(13)14-2/h4-7,11,13H,8H2,1-3H3;3-6,10H,7,12H2,1-2H3. The van der Waals surface area contributed by atoms with E-state index in [-0.39, 0.29) is 12.4 Å². The Hall–Kier alpha value is -2.75. The average molecular weight is 465 g/mol. The van der Waals surface area contributed by atoms with Gasteiger partial charge in [0.15, 0.2) is 0 Å². The van der Waals surface area contributed by atoms with Gasteiger partial charge in [-0.2, -0.15) is 0 Å². The first-order chi connectivity index (χ1) is 14.9. The van der Waals surface area contributed by atoms with Crippen LogP contribution in [0.5, 0.6) is 0 Å². The number of aryl methyl sites for hydroxylation is 2. The smallest absolute Gasteiger partial charge is 0.324 e. The Kier molecular flexibility index (Phi) is 11.0. The Labute approximate surface area is 190 Å². The van der Waals surface area contributed by atoms with E-state index in [4.69, 9.17) is 5.73 Å². The summed E-state index contributed by atoms with van der Waals surface area (Å²) in [5.41, 5.74) is 9.84. The van der Waals surface area contributed by atoms with E-state index in [9.17, 15) is 18.0 Å². The second-order valence-electron chi connectivity index (χ2n) is 7.47. The highest BCUT2D eigenvalue weighted by Crippen LogP contribution is 2.08. The van der Waals surface area contributed by atoms with Crippen LogP contribution < -0.4 is 10.5 Å². The molecular formula is C23H32N2O6S. The minimum Gasteiger partial charge on any atom is -0.468 e. The van der Waals surface area contributed by atoms with Gasteiger partial charge >= 0.3 is 11.9 Å². The second kappa shape index (κ2) is 12.9. The number of hydrogen-bond acceptors (Lipinski definition) is 7. The maximum absolute atomic E-state index is 11.5. The third-order valence-electron chi connectivity index (χ3n) is 4.48. The van der Waals surface area contributed by atoms with Crippen molar-refractivity contribution in [3.05, 3.63) is 70.8 Å². The summed E-state index contributed by atoms with van der Waals surface area (Å²) in [7, 11) is -0.882. The third-order valence-corrected chi connectivity index (χ3v) is 5.20. The molecular weight excluding hydrogens is 432 g/mol. The molecule has 3 N–H and O–H groups in total. The van der Waals surface area contributed by atoms with E-state index in [0.717, 1.165) is 22.9 Å². The summed E-state index contributed by atoms with van der Waals surface area (Å²) in [6.07, 6.45) is 1.80. The number of ether oxygens (including phenoxy) is 2. The van der Waals surface area contributed by atoms with Crippen LogP contribution in [0.3, 0.4) is 0 Å². The lowest BCUT2D eigenvalue weighted by molar-refractivity contribution is -0.143. The first kappa shape index (κ1) is 27.3. The normalized spacial score (nSPS) is 12.7. The van der Waals surface area contributed by atoms with E-state index in [1.807, 2.05) is 62.4 Å². The molecule has 0 radical (unpaired) electrons. The minimum absolute atomic E-state index is 0.264. The van der Waals surface area contributed by atoms with Gasteiger partial charge in [-0.15, -0.1) is 0 Å². The van der Waals surface area contributed by atoms with Gasteiger partial charge in [-0.25, -0.2) is 13.1 Å². The van der Waals surface area contributed by atoms with E-state index in [0.29, 0.717) is 6.42 Å². The van der Waals surface area contributed by atoms with Crippen molar-refractivity contribution in [2.24, 2.45) is 5.73 Å². The summed E-state index contributed by atoms with van der Waals surface area (Å²) in [6, 6.07) is 14.0. The van der Waals surface area contributed by atoms with Crippen LogP contribution in [0.25, 0.3) is 0 Å². The summed E-state index contributed by atoms with van der Waals surface area (Å²) >= 11 is 0. The van der Waals surface area contributed by atoms with Gasteiger partial charge in [0.25, 0.3) is 0 Å². The lowest BCUT2D eigenvalue weighted by Crippen LogP contribution is -2.42. The topological polar surface area (TPSA) is 125 Å². The van der Waals surface area contributed by atoms with Crippen molar-refractivity contribution < 1.29 is 27.5 Å². The fourth-order valence-corrected chi connectivity index (χ4v) is 3.44. The molecule has 176 valence electrons. The maximum Gasteiger partial charge on any atom is 0.324 e. The zero-order chi connectivity index (χ0) is 24.3. The summed E-state index contributed by atoms with van der Waals surface area (Å²) < 4.78 is 33.8. The van der Waals surface area contributed by atoms with Crippen LogP contribution in [0.4, 0.5) is 0 Å². The van der Waals surface area contributed by atoms with Crippen molar-refractivity contribution in [3.63, 3.8) is 0 Å². The molecule has 2 rings (SSSR count). The Balaban J connectivity index is 0.000000330. The van der Waals surface area contributed by atoms with Crippen LogP contribution in [-0.4, -0.2) is 52.9 Å². The lowest BCUT2D eigenvalue weighted by atomic mass is 10.1. The van der Waals surface area contributed by atoms with Gasteiger partial charge in [-0.3, -0.25) is 9.59 Å². The van der Waals surface area contributed by atoms with Gasteiger partial charge in [0.05, 0.1) is 20.5 Å². The van der Waals surface area contributed by atoms with E-state index >= 15 is 0 Å². The van der Waals surface area contributed by atoms with E-state index in [2.05, 4.69) is 14.2 Å². The van der Waals surface area contributed by atoms with Gasteiger partial charge in [-0.05, 0) is 37.8 Å².